The van der Waals surface area contributed by atoms with E-state index in [0.29, 0.717) is 0 Å². The highest BCUT2D eigenvalue weighted by atomic mass is 16.6. The zero-order chi connectivity index (χ0) is 14.5. The molecule has 1 aliphatic heterocycles. The summed E-state index contributed by atoms with van der Waals surface area (Å²) in [7, 11) is 0. The number of likely N-dealkylation sites (tertiary alicyclic amines) is 1. The molecule has 6 nitrogen and oxygen atoms in total. The molecule has 1 aliphatic rings. The van der Waals surface area contributed by atoms with E-state index in [1.54, 1.807) is 0 Å². The molecule has 2 rings (SSSR count). The van der Waals surface area contributed by atoms with Crippen LogP contribution in [-0.4, -0.2) is 47.2 Å². The molecule has 0 bridgehead atoms. The van der Waals surface area contributed by atoms with Gasteiger partial charge in [0.15, 0.2) is 0 Å². The van der Waals surface area contributed by atoms with Crippen LogP contribution in [0.3, 0.4) is 0 Å². The summed E-state index contributed by atoms with van der Waals surface area (Å²) in [5, 5.41) is 12.4. The maximum atomic E-state index is 11.9. The lowest BCUT2D eigenvalue weighted by molar-refractivity contribution is -0.120. The predicted molar refractivity (Wildman–Crippen MR) is 71.8 cm³/mol. The Morgan fingerprint density at radius 1 is 1.35 bits per heavy atom. The zero-order valence-corrected chi connectivity index (χ0v) is 11.3. The first-order valence-corrected chi connectivity index (χ1v) is 6.47. The van der Waals surface area contributed by atoms with Crippen molar-refractivity contribution in [3.05, 3.63) is 35.9 Å². The molecule has 1 aromatic carbocycles. The highest BCUT2D eigenvalue weighted by molar-refractivity contribution is 5.74. The molecule has 2 atom stereocenters. The van der Waals surface area contributed by atoms with E-state index in [2.05, 4.69) is 5.32 Å². The fraction of sp³-hybridized carbons (Fsp3) is 0.429. The SMILES string of the molecule is CC(=O)NC1CN(C(=O)OCc2ccccc2)CC1O. The molecule has 2 amide bonds. The predicted octanol–water partition coefficient (Wildman–Crippen LogP) is 0.504. The third-order valence-corrected chi connectivity index (χ3v) is 3.14. The van der Waals surface area contributed by atoms with Gasteiger partial charge in [0.1, 0.15) is 6.61 Å². The summed E-state index contributed by atoms with van der Waals surface area (Å²) in [6.07, 6.45) is -1.25. The van der Waals surface area contributed by atoms with Crippen LogP contribution in [0, 0.1) is 0 Å². The molecule has 20 heavy (non-hydrogen) atoms. The first-order valence-electron chi connectivity index (χ1n) is 6.47. The summed E-state index contributed by atoms with van der Waals surface area (Å²) in [4.78, 5) is 24.2. The van der Waals surface area contributed by atoms with Gasteiger partial charge in [0, 0.05) is 13.5 Å². The quantitative estimate of drug-likeness (QED) is 0.844. The number of hydrogen-bond donors (Lipinski definition) is 2. The lowest BCUT2D eigenvalue weighted by Crippen LogP contribution is -2.41. The minimum Gasteiger partial charge on any atom is -0.445 e. The molecule has 1 aromatic rings. The Morgan fingerprint density at radius 2 is 2.05 bits per heavy atom. The van der Waals surface area contributed by atoms with Crippen LogP contribution < -0.4 is 5.32 Å². The van der Waals surface area contributed by atoms with Crippen LogP contribution in [0.2, 0.25) is 0 Å². The molecule has 108 valence electrons. The number of hydrogen-bond acceptors (Lipinski definition) is 4. The number of nitrogens with zero attached hydrogens (tertiary/aromatic N) is 1. The normalized spacial score (nSPS) is 21.6. The maximum Gasteiger partial charge on any atom is 0.410 e. The molecule has 1 saturated heterocycles. The Balaban J connectivity index is 1.83. The molecule has 0 aliphatic carbocycles. The Bertz CT molecular complexity index is 477. The molecular formula is C14H18N2O4. The van der Waals surface area contributed by atoms with E-state index in [1.807, 2.05) is 30.3 Å². The molecule has 0 saturated carbocycles. The molecule has 0 spiro atoms. The smallest absolute Gasteiger partial charge is 0.410 e. The molecule has 0 aromatic heterocycles. The number of rotatable bonds is 3. The first-order chi connectivity index (χ1) is 9.56. The van der Waals surface area contributed by atoms with E-state index in [4.69, 9.17) is 4.74 Å². The van der Waals surface area contributed by atoms with Crippen molar-refractivity contribution in [3.8, 4) is 0 Å². The van der Waals surface area contributed by atoms with Crippen molar-refractivity contribution in [3.63, 3.8) is 0 Å². The summed E-state index contributed by atoms with van der Waals surface area (Å²) in [5.41, 5.74) is 0.902. The van der Waals surface area contributed by atoms with Gasteiger partial charge in [0.25, 0.3) is 0 Å². The third-order valence-electron chi connectivity index (χ3n) is 3.14. The summed E-state index contributed by atoms with van der Waals surface area (Å²) in [6.45, 7) is 1.99. The second-order valence-corrected chi connectivity index (χ2v) is 4.82. The average molecular weight is 278 g/mol. The average Bonchev–Trinajstić information content (AvgIpc) is 2.78. The van der Waals surface area contributed by atoms with Crippen molar-refractivity contribution in [2.24, 2.45) is 0 Å². The van der Waals surface area contributed by atoms with Gasteiger partial charge in [-0.05, 0) is 5.56 Å². The van der Waals surface area contributed by atoms with E-state index in [-0.39, 0.29) is 25.6 Å². The summed E-state index contributed by atoms with van der Waals surface area (Å²) in [6, 6.07) is 8.93. The number of ether oxygens (including phenoxy) is 1. The van der Waals surface area contributed by atoms with Crippen LogP contribution in [0.5, 0.6) is 0 Å². The molecule has 2 N–H and O–H groups in total. The lowest BCUT2D eigenvalue weighted by Gasteiger charge is -2.16. The van der Waals surface area contributed by atoms with Crippen LogP contribution in [0.15, 0.2) is 30.3 Å². The van der Waals surface area contributed by atoms with Gasteiger partial charge in [-0.2, -0.15) is 0 Å². The fourth-order valence-electron chi connectivity index (χ4n) is 2.15. The molecule has 6 heteroatoms. The molecule has 0 radical (unpaired) electrons. The maximum absolute atomic E-state index is 11.9. The zero-order valence-electron chi connectivity index (χ0n) is 11.3. The second-order valence-electron chi connectivity index (χ2n) is 4.82. The van der Waals surface area contributed by atoms with Crippen LogP contribution in [0.25, 0.3) is 0 Å². The number of β-amino-alcohol motifs (C(OH)–C–C–N with tert-alkyl or cyclic N) is 1. The van der Waals surface area contributed by atoms with Crippen molar-refractivity contribution in [1.82, 2.24) is 10.2 Å². The van der Waals surface area contributed by atoms with Crippen LogP contribution >= 0.6 is 0 Å². The Hall–Kier alpha value is -2.08. The largest absolute Gasteiger partial charge is 0.445 e. The van der Waals surface area contributed by atoms with Gasteiger partial charge in [-0.15, -0.1) is 0 Å². The summed E-state index contributed by atoms with van der Waals surface area (Å²) < 4.78 is 5.18. The molecule has 1 heterocycles. The van der Waals surface area contributed by atoms with E-state index in [9.17, 15) is 14.7 Å². The van der Waals surface area contributed by atoms with Crippen molar-refractivity contribution in [2.75, 3.05) is 13.1 Å². The van der Waals surface area contributed by atoms with Gasteiger partial charge < -0.3 is 20.1 Å². The second kappa shape index (κ2) is 6.38. The molecular weight excluding hydrogens is 260 g/mol. The van der Waals surface area contributed by atoms with Gasteiger partial charge in [0.2, 0.25) is 5.91 Å². The fourth-order valence-corrected chi connectivity index (χ4v) is 2.15. The minimum atomic E-state index is -0.761. The molecule has 2 unspecified atom stereocenters. The number of aliphatic hydroxyl groups excluding tert-OH is 1. The van der Waals surface area contributed by atoms with E-state index >= 15 is 0 Å². The number of carbonyl (C=O) groups is 2. The number of amides is 2. The highest BCUT2D eigenvalue weighted by Crippen LogP contribution is 2.12. The number of benzene rings is 1. The molecule has 1 fully saturated rings. The first kappa shape index (κ1) is 14.3. The van der Waals surface area contributed by atoms with Gasteiger partial charge in [-0.3, -0.25) is 4.79 Å². The van der Waals surface area contributed by atoms with Crippen molar-refractivity contribution < 1.29 is 19.4 Å². The standard InChI is InChI=1S/C14H18N2O4/c1-10(17)15-12-7-16(8-13(12)18)14(19)20-9-11-5-3-2-4-6-11/h2-6,12-13,18H,7-9H2,1H3,(H,15,17). The van der Waals surface area contributed by atoms with Crippen LogP contribution in [-0.2, 0) is 16.1 Å². The van der Waals surface area contributed by atoms with E-state index in [1.165, 1.54) is 11.8 Å². The Labute approximate surface area is 117 Å². The van der Waals surface area contributed by atoms with E-state index < -0.39 is 18.2 Å². The minimum absolute atomic E-state index is 0.165. The Kier molecular flexibility index (Phi) is 4.57. The van der Waals surface area contributed by atoms with Gasteiger partial charge >= 0.3 is 6.09 Å². The summed E-state index contributed by atoms with van der Waals surface area (Å²) >= 11 is 0. The number of aliphatic hydroxyl groups is 1. The van der Waals surface area contributed by atoms with Crippen molar-refractivity contribution in [2.45, 2.75) is 25.7 Å². The van der Waals surface area contributed by atoms with Crippen LogP contribution in [0.4, 0.5) is 4.79 Å². The lowest BCUT2D eigenvalue weighted by atomic mass is 10.2. The highest BCUT2D eigenvalue weighted by Gasteiger charge is 2.35. The summed E-state index contributed by atoms with van der Waals surface area (Å²) in [5.74, 6) is -0.228. The topological polar surface area (TPSA) is 78.9 Å². The van der Waals surface area contributed by atoms with Crippen molar-refractivity contribution in [1.29, 1.82) is 0 Å². The Morgan fingerprint density at radius 3 is 2.70 bits per heavy atom. The van der Waals surface area contributed by atoms with Crippen molar-refractivity contribution >= 4 is 12.0 Å². The van der Waals surface area contributed by atoms with Gasteiger partial charge in [-0.25, -0.2) is 4.79 Å². The monoisotopic (exact) mass is 278 g/mol. The van der Waals surface area contributed by atoms with Gasteiger partial charge in [-0.1, -0.05) is 30.3 Å². The third kappa shape index (κ3) is 3.71. The van der Waals surface area contributed by atoms with Crippen LogP contribution in [0.1, 0.15) is 12.5 Å². The number of carbonyl (C=O) groups excluding carboxylic acids is 2. The van der Waals surface area contributed by atoms with Gasteiger partial charge in [0.05, 0.1) is 18.7 Å². The number of nitrogens with one attached hydrogen (secondary N) is 1. The van der Waals surface area contributed by atoms with E-state index in [0.717, 1.165) is 5.56 Å².